The Morgan fingerprint density at radius 3 is 2.60 bits per heavy atom. The van der Waals surface area contributed by atoms with E-state index in [9.17, 15) is 4.79 Å². The summed E-state index contributed by atoms with van der Waals surface area (Å²) in [7, 11) is 0. The van der Waals surface area contributed by atoms with Crippen LogP contribution in [-0.2, 0) is 4.79 Å². The average Bonchev–Trinajstić information content (AvgIpc) is 3.24. The third-order valence-corrected chi connectivity index (χ3v) is 2.77. The number of aromatic nitrogens is 4. The maximum atomic E-state index is 11.3. The zero-order valence-electron chi connectivity index (χ0n) is 11.0. The van der Waals surface area contributed by atoms with Crippen LogP contribution in [0.4, 0.5) is 5.82 Å². The van der Waals surface area contributed by atoms with Gasteiger partial charge in [-0.1, -0.05) is 11.6 Å². The highest BCUT2D eigenvalue weighted by atomic mass is 35.5. The molecule has 0 aromatic carbocycles. The van der Waals surface area contributed by atoms with Crippen LogP contribution in [0.3, 0.4) is 0 Å². The van der Waals surface area contributed by atoms with Gasteiger partial charge in [-0.05, 0) is 25.8 Å². The number of hydrogen-bond donors (Lipinski definition) is 1. The van der Waals surface area contributed by atoms with Crippen LogP contribution < -0.4 is 5.32 Å². The fraction of sp³-hybridized carbons (Fsp3) is 0.308. The number of amides is 1. The van der Waals surface area contributed by atoms with Crippen LogP contribution >= 0.6 is 11.6 Å². The predicted octanol–water partition coefficient (Wildman–Crippen LogP) is 2.26. The van der Waals surface area contributed by atoms with Crippen LogP contribution in [0.2, 0.25) is 5.15 Å². The van der Waals surface area contributed by atoms with Crippen molar-refractivity contribution >= 4 is 23.3 Å². The van der Waals surface area contributed by atoms with E-state index in [1.807, 2.05) is 13.0 Å². The van der Waals surface area contributed by atoms with Crippen molar-refractivity contribution in [3.8, 4) is 0 Å². The average molecular weight is 292 g/mol. The maximum absolute atomic E-state index is 11.3. The lowest BCUT2D eigenvalue weighted by Crippen LogP contribution is -2.14. The van der Waals surface area contributed by atoms with Gasteiger partial charge in [-0.15, -0.1) is 0 Å². The topological polar surface area (TPSA) is 80.7 Å². The Bertz CT molecular complexity index is 574. The van der Waals surface area contributed by atoms with E-state index in [0.717, 1.165) is 18.5 Å². The minimum absolute atomic E-state index is 0.0229. The van der Waals surface area contributed by atoms with Gasteiger partial charge in [0.15, 0.2) is 0 Å². The number of halogens is 1. The van der Waals surface area contributed by atoms with Crippen molar-refractivity contribution in [1.82, 2.24) is 19.9 Å². The van der Waals surface area contributed by atoms with Crippen molar-refractivity contribution in [2.24, 2.45) is 5.92 Å². The van der Waals surface area contributed by atoms with Gasteiger partial charge in [0.25, 0.3) is 0 Å². The van der Waals surface area contributed by atoms with E-state index in [-0.39, 0.29) is 11.8 Å². The fourth-order valence-corrected chi connectivity index (χ4v) is 1.48. The molecule has 2 heterocycles. The Hall–Kier alpha value is -2.08. The normalized spacial score (nSPS) is 13.1. The molecule has 104 valence electrons. The molecule has 1 saturated carbocycles. The number of carbonyl (C=O) groups is 1. The van der Waals surface area contributed by atoms with Gasteiger partial charge in [0.1, 0.15) is 23.6 Å². The van der Waals surface area contributed by atoms with E-state index in [1.54, 1.807) is 6.20 Å². The number of hydrogen-bond acceptors (Lipinski definition) is 5. The summed E-state index contributed by atoms with van der Waals surface area (Å²) in [6.07, 6.45) is 6.54. The molecule has 6 nitrogen and oxygen atoms in total. The molecule has 0 unspecified atom stereocenters. The number of carbonyl (C=O) groups excluding carboxylic acids is 1. The molecule has 0 atom stereocenters. The number of nitrogens with one attached hydrogen (secondary N) is 1. The largest absolute Gasteiger partial charge is 0.310 e. The van der Waals surface area contributed by atoms with Gasteiger partial charge in [0.05, 0.1) is 0 Å². The molecule has 2 aromatic heterocycles. The Balaban J connectivity index is 0.000000178. The summed E-state index contributed by atoms with van der Waals surface area (Å²) in [5.74, 6) is 0.667. The van der Waals surface area contributed by atoms with E-state index in [1.165, 1.54) is 18.7 Å². The molecule has 1 aliphatic carbocycles. The van der Waals surface area contributed by atoms with Crippen molar-refractivity contribution in [3.05, 3.63) is 41.8 Å². The molecule has 0 spiro atoms. The van der Waals surface area contributed by atoms with Crippen LogP contribution in [0.15, 0.2) is 31.0 Å². The molecule has 3 rings (SSSR count). The number of anilines is 1. The molecule has 1 N–H and O–H groups in total. The van der Waals surface area contributed by atoms with Crippen molar-refractivity contribution in [2.75, 3.05) is 5.32 Å². The highest BCUT2D eigenvalue weighted by Crippen LogP contribution is 2.29. The van der Waals surface area contributed by atoms with Gasteiger partial charge in [0.2, 0.25) is 5.91 Å². The summed E-state index contributed by atoms with van der Waals surface area (Å²) >= 11 is 5.62. The van der Waals surface area contributed by atoms with Gasteiger partial charge in [-0.25, -0.2) is 19.9 Å². The van der Waals surface area contributed by atoms with E-state index in [0.29, 0.717) is 11.0 Å². The van der Waals surface area contributed by atoms with Crippen LogP contribution in [-0.4, -0.2) is 25.8 Å². The molecule has 0 radical (unpaired) electrons. The first-order valence-corrected chi connectivity index (χ1v) is 6.54. The second-order valence-electron chi connectivity index (χ2n) is 4.34. The second kappa shape index (κ2) is 6.91. The third-order valence-electron chi connectivity index (χ3n) is 2.56. The van der Waals surface area contributed by atoms with Gasteiger partial charge in [-0.3, -0.25) is 4.79 Å². The van der Waals surface area contributed by atoms with Gasteiger partial charge in [0, 0.05) is 23.9 Å². The van der Waals surface area contributed by atoms with E-state index in [2.05, 4.69) is 25.3 Å². The lowest BCUT2D eigenvalue weighted by Gasteiger charge is -2.01. The molecule has 1 amide bonds. The first-order chi connectivity index (χ1) is 9.65. The summed E-state index contributed by atoms with van der Waals surface area (Å²) in [5.41, 5.74) is 1.01. The van der Waals surface area contributed by atoms with Gasteiger partial charge >= 0.3 is 0 Å². The summed E-state index contributed by atoms with van der Waals surface area (Å²) in [6.45, 7) is 1.93. The molecular weight excluding hydrogens is 278 g/mol. The first kappa shape index (κ1) is 14.3. The summed E-state index contributed by atoms with van der Waals surface area (Å²) < 4.78 is 0. The lowest BCUT2D eigenvalue weighted by molar-refractivity contribution is -0.117. The summed E-state index contributed by atoms with van der Waals surface area (Å²) in [4.78, 5) is 26.4. The monoisotopic (exact) mass is 291 g/mol. The molecular formula is C13H14ClN5O. The first-order valence-electron chi connectivity index (χ1n) is 6.16. The minimum Gasteiger partial charge on any atom is -0.310 e. The Kier molecular flexibility index (Phi) is 4.95. The molecule has 0 aliphatic heterocycles. The molecule has 0 bridgehead atoms. The maximum Gasteiger partial charge on any atom is 0.228 e. The smallest absolute Gasteiger partial charge is 0.228 e. The molecule has 0 saturated heterocycles. The molecule has 1 aliphatic rings. The van der Waals surface area contributed by atoms with Crippen LogP contribution in [0.25, 0.3) is 0 Å². The summed E-state index contributed by atoms with van der Waals surface area (Å²) in [5, 5.41) is 3.00. The zero-order valence-corrected chi connectivity index (χ0v) is 11.7. The molecule has 20 heavy (non-hydrogen) atoms. The van der Waals surface area contributed by atoms with Gasteiger partial charge in [-0.2, -0.15) is 0 Å². The van der Waals surface area contributed by atoms with Crippen molar-refractivity contribution in [2.45, 2.75) is 19.8 Å². The Labute approximate surface area is 121 Å². The number of aryl methyl sites for hydroxylation is 1. The highest BCUT2D eigenvalue weighted by Gasteiger charge is 2.29. The summed E-state index contributed by atoms with van der Waals surface area (Å²) in [6, 6.07) is 3.39. The molecule has 2 aromatic rings. The van der Waals surface area contributed by atoms with Crippen molar-refractivity contribution in [3.63, 3.8) is 0 Å². The van der Waals surface area contributed by atoms with Crippen LogP contribution in [0.1, 0.15) is 18.5 Å². The minimum atomic E-state index is 0.0229. The quantitative estimate of drug-likeness (QED) is 0.858. The fourth-order valence-electron chi connectivity index (χ4n) is 1.33. The SMILES string of the molecule is Cc1ccncn1.O=C(Nc1cc(Cl)ncn1)C1CC1. The zero-order chi connectivity index (χ0) is 14.4. The lowest BCUT2D eigenvalue weighted by atomic mass is 10.4. The van der Waals surface area contributed by atoms with Crippen LogP contribution in [0.5, 0.6) is 0 Å². The number of rotatable bonds is 2. The Morgan fingerprint density at radius 1 is 1.30 bits per heavy atom. The second-order valence-corrected chi connectivity index (χ2v) is 4.73. The molecule has 1 fully saturated rings. The van der Waals surface area contributed by atoms with Crippen LogP contribution in [0, 0.1) is 12.8 Å². The van der Waals surface area contributed by atoms with Crippen molar-refractivity contribution in [1.29, 1.82) is 0 Å². The molecule has 7 heteroatoms. The highest BCUT2D eigenvalue weighted by molar-refractivity contribution is 6.29. The Morgan fingerprint density at radius 2 is 2.10 bits per heavy atom. The van der Waals surface area contributed by atoms with E-state index >= 15 is 0 Å². The standard InChI is InChI=1S/C8H8ClN3O.C5H6N2/c9-6-3-7(11-4-10-6)12-8(13)5-1-2-5;1-5-2-3-6-4-7-5/h3-5H,1-2H2,(H,10,11,12,13);2-4H,1H3. The van der Waals surface area contributed by atoms with Gasteiger partial charge < -0.3 is 5.32 Å². The third kappa shape index (κ3) is 4.89. The van der Waals surface area contributed by atoms with E-state index in [4.69, 9.17) is 11.6 Å². The number of nitrogens with zero attached hydrogens (tertiary/aromatic N) is 4. The predicted molar refractivity (Wildman–Crippen MR) is 75.2 cm³/mol. The van der Waals surface area contributed by atoms with Crippen molar-refractivity contribution < 1.29 is 4.79 Å². The van der Waals surface area contributed by atoms with E-state index < -0.39 is 0 Å².